The fourth-order valence-electron chi connectivity index (χ4n) is 2.57. The first-order valence-corrected chi connectivity index (χ1v) is 9.02. The third-order valence-electron chi connectivity index (χ3n) is 4.05. The maximum absolute atomic E-state index is 5.37. The maximum Gasteiger partial charge on any atom is 0.197 e. The van der Waals surface area contributed by atoms with Crippen molar-refractivity contribution in [1.29, 1.82) is 0 Å². The Morgan fingerprint density at radius 3 is 2.75 bits per heavy atom. The molecule has 4 rings (SSSR count). The van der Waals surface area contributed by atoms with Crippen molar-refractivity contribution in [2.75, 3.05) is 0 Å². The zero-order valence-corrected chi connectivity index (χ0v) is 15.3. The lowest BCUT2D eigenvalue weighted by Gasteiger charge is -2.04. The molecule has 0 fully saturated rings. The Morgan fingerprint density at radius 2 is 2.00 bits per heavy atom. The number of hydrogen-bond donors (Lipinski definition) is 0. The predicted molar refractivity (Wildman–Crippen MR) is 94.5 cm³/mol. The van der Waals surface area contributed by atoms with Crippen LogP contribution in [-0.4, -0.2) is 24.7 Å². The number of rotatable bonds is 3. The van der Waals surface area contributed by atoms with Crippen molar-refractivity contribution in [2.24, 2.45) is 7.05 Å². The number of aromatic nitrogens is 5. The first-order chi connectivity index (χ1) is 11.6. The fourth-order valence-corrected chi connectivity index (χ4v) is 4.56. The molecule has 0 aliphatic carbocycles. The van der Waals surface area contributed by atoms with Gasteiger partial charge in [0.1, 0.15) is 21.9 Å². The Balaban J connectivity index is 1.78. The number of furan rings is 1. The Bertz CT molecular complexity index is 1050. The molecule has 0 bridgehead atoms. The number of hydrogen-bond acceptors (Lipinski definition) is 7. The van der Waals surface area contributed by atoms with Crippen molar-refractivity contribution in [1.82, 2.24) is 24.7 Å². The van der Waals surface area contributed by atoms with E-state index < -0.39 is 0 Å². The molecule has 0 unspecified atom stereocenters. The minimum absolute atomic E-state index is 0.785. The van der Waals surface area contributed by atoms with Crippen LogP contribution in [0.4, 0.5) is 0 Å². The van der Waals surface area contributed by atoms with Crippen LogP contribution >= 0.6 is 23.1 Å². The largest absolute Gasteiger partial charge is 0.469 e. The lowest BCUT2D eigenvalue weighted by atomic mass is 10.2. The molecule has 0 aliphatic heterocycles. The zero-order valence-electron chi connectivity index (χ0n) is 13.7. The van der Waals surface area contributed by atoms with Gasteiger partial charge in [-0.25, -0.2) is 9.97 Å². The van der Waals surface area contributed by atoms with Crippen molar-refractivity contribution in [3.8, 4) is 11.4 Å². The molecular formula is C16H15N5OS2. The molecule has 0 aromatic carbocycles. The van der Waals surface area contributed by atoms with Gasteiger partial charge in [-0.15, -0.1) is 21.5 Å². The first-order valence-electron chi connectivity index (χ1n) is 7.38. The number of fused-ring (bicyclic) bond motifs is 1. The number of thiophene rings is 1. The van der Waals surface area contributed by atoms with Crippen LogP contribution in [0, 0.1) is 20.8 Å². The molecule has 0 radical (unpaired) electrons. The monoisotopic (exact) mass is 357 g/mol. The van der Waals surface area contributed by atoms with Gasteiger partial charge in [-0.2, -0.15) is 0 Å². The molecule has 6 nitrogen and oxygen atoms in total. The summed E-state index contributed by atoms with van der Waals surface area (Å²) in [4.78, 5) is 11.1. The van der Waals surface area contributed by atoms with Gasteiger partial charge in [0.2, 0.25) is 0 Å². The van der Waals surface area contributed by atoms with Gasteiger partial charge in [-0.3, -0.25) is 0 Å². The molecule has 0 saturated carbocycles. The molecule has 0 aliphatic rings. The normalized spacial score (nSPS) is 11.5. The highest BCUT2D eigenvalue weighted by Gasteiger charge is 2.18. The second-order valence-electron chi connectivity index (χ2n) is 5.50. The van der Waals surface area contributed by atoms with Crippen LogP contribution < -0.4 is 0 Å². The smallest absolute Gasteiger partial charge is 0.197 e. The second kappa shape index (κ2) is 5.71. The lowest BCUT2D eigenvalue weighted by Crippen LogP contribution is -1.95. The molecule has 4 heterocycles. The summed E-state index contributed by atoms with van der Waals surface area (Å²) in [5.74, 6) is 1.61. The van der Waals surface area contributed by atoms with E-state index in [0.717, 1.165) is 37.5 Å². The van der Waals surface area contributed by atoms with E-state index in [9.17, 15) is 0 Å². The maximum atomic E-state index is 5.37. The minimum Gasteiger partial charge on any atom is -0.469 e. The molecule has 24 heavy (non-hydrogen) atoms. The summed E-state index contributed by atoms with van der Waals surface area (Å²) in [6.07, 6.45) is 3.27. The summed E-state index contributed by atoms with van der Waals surface area (Å²) < 4.78 is 7.33. The van der Waals surface area contributed by atoms with Gasteiger partial charge in [-0.1, -0.05) is 0 Å². The molecule has 4 aromatic rings. The highest BCUT2D eigenvalue weighted by atomic mass is 32.2. The van der Waals surface area contributed by atoms with Gasteiger partial charge in [0, 0.05) is 17.3 Å². The fraction of sp³-hybridized carbons (Fsp3) is 0.250. The summed E-state index contributed by atoms with van der Waals surface area (Å²) in [6, 6.07) is 1.91. The van der Waals surface area contributed by atoms with Gasteiger partial charge >= 0.3 is 0 Å². The molecule has 0 atom stereocenters. The Hall–Kier alpha value is -2.19. The van der Waals surface area contributed by atoms with Gasteiger partial charge in [0.05, 0.1) is 11.8 Å². The average molecular weight is 357 g/mol. The van der Waals surface area contributed by atoms with Gasteiger partial charge in [0.15, 0.2) is 11.0 Å². The molecule has 0 amide bonds. The first kappa shape index (κ1) is 15.3. The van der Waals surface area contributed by atoms with E-state index in [-0.39, 0.29) is 0 Å². The van der Waals surface area contributed by atoms with E-state index in [1.165, 1.54) is 22.2 Å². The number of nitrogens with zero attached hydrogens (tertiary/aromatic N) is 5. The Labute approximate surface area is 147 Å². The standard InChI is InChI=1S/C16H15N5OS2/c1-8-10(3)23-14-12(8)15(18-7-17-14)24-16-20-19-13(21(16)4)11-5-6-22-9(11)2/h5-7H,1-4H3. The summed E-state index contributed by atoms with van der Waals surface area (Å²) in [6.45, 7) is 6.14. The minimum atomic E-state index is 0.785. The van der Waals surface area contributed by atoms with Crippen LogP contribution in [-0.2, 0) is 7.05 Å². The highest BCUT2D eigenvalue weighted by Crippen LogP contribution is 2.37. The molecule has 8 heteroatoms. The molecule has 122 valence electrons. The van der Waals surface area contributed by atoms with Crippen LogP contribution in [0.3, 0.4) is 0 Å². The van der Waals surface area contributed by atoms with E-state index >= 15 is 0 Å². The summed E-state index contributed by atoms with van der Waals surface area (Å²) in [5, 5.41) is 11.4. The highest BCUT2D eigenvalue weighted by molar-refractivity contribution is 7.99. The lowest BCUT2D eigenvalue weighted by molar-refractivity contribution is 0.534. The Kier molecular flexibility index (Phi) is 3.65. The third-order valence-corrected chi connectivity index (χ3v) is 6.21. The van der Waals surface area contributed by atoms with Crippen LogP contribution in [0.15, 0.2) is 33.3 Å². The average Bonchev–Trinajstić information content (AvgIpc) is 3.21. The Morgan fingerprint density at radius 1 is 1.17 bits per heavy atom. The second-order valence-corrected chi connectivity index (χ2v) is 7.66. The van der Waals surface area contributed by atoms with Crippen LogP contribution in [0.2, 0.25) is 0 Å². The van der Waals surface area contributed by atoms with Crippen LogP contribution in [0.5, 0.6) is 0 Å². The van der Waals surface area contributed by atoms with Crippen molar-refractivity contribution in [3.05, 3.63) is 34.9 Å². The molecule has 0 spiro atoms. The third kappa shape index (κ3) is 2.33. The van der Waals surface area contributed by atoms with E-state index in [1.54, 1.807) is 23.9 Å². The van der Waals surface area contributed by atoms with E-state index in [0.29, 0.717) is 0 Å². The van der Waals surface area contributed by atoms with E-state index in [2.05, 4.69) is 34.0 Å². The molecular weight excluding hydrogens is 342 g/mol. The van der Waals surface area contributed by atoms with Gasteiger partial charge < -0.3 is 8.98 Å². The summed E-state index contributed by atoms with van der Waals surface area (Å²) in [7, 11) is 1.95. The van der Waals surface area contributed by atoms with Crippen molar-refractivity contribution in [2.45, 2.75) is 31.0 Å². The topological polar surface area (TPSA) is 69.6 Å². The summed E-state index contributed by atoms with van der Waals surface area (Å²) >= 11 is 3.20. The van der Waals surface area contributed by atoms with Crippen molar-refractivity contribution in [3.63, 3.8) is 0 Å². The predicted octanol–water partition coefficient (Wildman–Crippen LogP) is 4.16. The van der Waals surface area contributed by atoms with Crippen LogP contribution in [0.1, 0.15) is 16.2 Å². The van der Waals surface area contributed by atoms with E-state index in [1.807, 2.05) is 24.6 Å². The van der Waals surface area contributed by atoms with Crippen molar-refractivity contribution < 1.29 is 4.42 Å². The molecule has 4 aromatic heterocycles. The summed E-state index contributed by atoms with van der Waals surface area (Å²) in [5.41, 5.74) is 2.18. The molecule has 0 saturated heterocycles. The van der Waals surface area contributed by atoms with Gasteiger partial charge in [0.25, 0.3) is 0 Å². The zero-order chi connectivity index (χ0) is 16.8. The van der Waals surface area contributed by atoms with Crippen molar-refractivity contribution >= 4 is 33.3 Å². The SMILES string of the molecule is Cc1occc1-c1nnc(Sc2ncnc3sc(C)c(C)c23)n1C. The quantitative estimate of drug-likeness (QED) is 0.513. The number of aryl methyl sites for hydroxylation is 3. The van der Waals surface area contributed by atoms with E-state index in [4.69, 9.17) is 4.42 Å². The van der Waals surface area contributed by atoms with Crippen LogP contribution in [0.25, 0.3) is 21.6 Å². The molecule has 0 N–H and O–H groups in total. The van der Waals surface area contributed by atoms with Gasteiger partial charge in [-0.05, 0) is 44.2 Å².